The number of hydrogen-bond acceptors (Lipinski definition) is 3. The van der Waals surface area contributed by atoms with Crippen LogP contribution in [0.5, 0.6) is 0 Å². The maximum atomic E-state index is 12.6. The van der Waals surface area contributed by atoms with Gasteiger partial charge in [-0.05, 0) is 44.4 Å². The summed E-state index contributed by atoms with van der Waals surface area (Å²) in [6.07, 6.45) is 4.88. The Labute approximate surface area is 132 Å². The van der Waals surface area contributed by atoms with E-state index in [0.29, 0.717) is 18.8 Å². The molecule has 1 saturated heterocycles. The standard InChI is InChI=1S/C16H27N3O3/c1-4-12(5-2)17-13(20)10-19-14(21)16(18-15(19)22)8-6-11(3)7-9-16/h11-12H,4-10H2,1-3H3,(H,17,20)(H,18,22). The van der Waals surface area contributed by atoms with Crippen molar-refractivity contribution in [2.45, 2.75) is 70.9 Å². The summed E-state index contributed by atoms with van der Waals surface area (Å²) in [5.74, 6) is 0.0880. The van der Waals surface area contributed by atoms with Crippen LogP contribution in [0.4, 0.5) is 4.79 Å². The second-order valence-electron chi connectivity index (χ2n) is 6.67. The van der Waals surface area contributed by atoms with E-state index in [4.69, 9.17) is 0 Å². The van der Waals surface area contributed by atoms with Gasteiger partial charge in [0.2, 0.25) is 5.91 Å². The van der Waals surface area contributed by atoms with E-state index < -0.39 is 11.6 Å². The van der Waals surface area contributed by atoms with Gasteiger partial charge in [-0.25, -0.2) is 4.79 Å². The van der Waals surface area contributed by atoms with Crippen LogP contribution in [-0.2, 0) is 9.59 Å². The van der Waals surface area contributed by atoms with Gasteiger partial charge in [-0.1, -0.05) is 20.8 Å². The molecular formula is C16H27N3O3. The molecule has 2 N–H and O–H groups in total. The molecule has 6 nitrogen and oxygen atoms in total. The second kappa shape index (κ2) is 6.67. The molecule has 2 fully saturated rings. The summed E-state index contributed by atoms with van der Waals surface area (Å²) >= 11 is 0. The van der Waals surface area contributed by atoms with Gasteiger partial charge in [-0.2, -0.15) is 0 Å². The van der Waals surface area contributed by atoms with Gasteiger partial charge in [0.05, 0.1) is 0 Å². The predicted molar refractivity (Wildman–Crippen MR) is 83.1 cm³/mol. The summed E-state index contributed by atoms with van der Waals surface area (Å²) < 4.78 is 0. The number of carbonyl (C=O) groups excluding carboxylic acids is 3. The molecule has 4 amide bonds. The van der Waals surface area contributed by atoms with E-state index in [1.807, 2.05) is 13.8 Å². The van der Waals surface area contributed by atoms with E-state index >= 15 is 0 Å². The Hall–Kier alpha value is -1.59. The number of nitrogens with one attached hydrogen (secondary N) is 2. The minimum atomic E-state index is -0.765. The molecule has 1 aliphatic carbocycles. The third kappa shape index (κ3) is 3.25. The zero-order valence-corrected chi connectivity index (χ0v) is 13.8. The summed E-state index contributed by atoms with van der Waals surface area (Å²) in [6.45, 7) is 5.98. The largest absolute Gasteiger partial charge is 0.352 e. The van der Waals surface area contributed by atoms with Gasteiger partial charge in [0.15, 0.2) is 0 Å². The maximum Gasteiger partial charge on any atom is 0.325 e. The average Bonchev–Trinajstić information content (AvgIpc) is 2.72. The minimum Gasteiger partial charge on any atom is -0.352 e. The fraction of sp³-hybridized carbons (Fsp3) is 0.812. The normalized spacial score (nSPS) is 28.4. The highest BCUT2D eigenvalue weighted by atomic mass is 16.2. The lowest BCUT2D eigenvalue weighted by molar-refractivity contribution is -0.136. The van der Waals surface area contributed by atoms with E-state index in [2.05, 4.69) is 17.6 Å². The molecule has 0 unspecified atom stereocenters. The zero-order chi connectivity index (χ0) is 16.3. The number of urea groups is 1. The van der Waals surface area contributed by atoms with E-state index in [9.17, 15) is 14.4 Å². The number of nitrogens with zero attached hydrogens (tertiary/aromatic N) is 1. The molecule has 6 heteroatoms. The molecule has 0 aromatic rings. The molecule has 0 aromatic carbocycles. The maximum absolute atomic E-state index is 12.6. The Morgan fingerprint density at radius 1 is 1.32 bits per heavy atom. The molecule has 1 aliphatic heterocycles. The Kier molecular flexibility index (Phi) is 5.08. The average molecular weight is 309 g/mol. The third-order valence-electron chi connectivity index (χ3n) is 5.03. The minimum absolute atomic E-state index is 0.0951. The van der Waals surface area contributed by atoms with Crippen LogP contribution in [0, 0.1) is 5.92 Å². The molecule has 0 radical (unpaired) electrons. The van der Waals surface area contributed by atoms with Crippen LogP contribution in [0.2, 0.25) is 0 Å². The Bertz CT molecular complexity index is 452. The van der Waals surface area contributed by atoms with Gasteiger partial charge < -0.3 is 10.6 Å². The molecule has 1 heterocycles. The van der Waals surface area contributed by atoms with Crippen LogP contribution < -0.4 is 10.6 Å². The summed E-state index contributed by atoms with van der Waals surface area (Å²) in [5.41, 5.74) is -0.765. The van der Waals surface area contributed by atoms with Crippen LogP contribution in [0.25, 0.3) is 0 Å². The molecule has 2 rings (SSSR count). The van der Waals surface area contributed by atoms with Crippen LogP contribution in [0.15, 0.2) is 0 Å². The van der Waals surface area contributed by atoms with E-state index in [-0.39, 0.29) is 24.4 Å². The van der Waals surface area contributed by atoms with Gasteiger partial charge >= 0.3 is 6.03 Å². The van der Waals surface area contributed by atoms with Crippen molar-refractivity contribution in [2.24, 2.45) is 5.92 Å². The Morgan fingerprint density at radius 2 is 1.91 bits per heavy atom. The number of hydrogen-bond donors (Lipinski definition) is 2. The van der Waals surface area contributed by atoms with E-state index in [1.165, 1.54) is 0 Å². The quantitative estimate of drug-likeness (QED) is 0.760. The lowest BCUT2D eigenvalue weighted by Gasteiger charge is -2.33. The molecule has 1 spiro atoms. The van der Waals surface area contributed by atoms with Gasteiger partial charge in [0.25, 0.3) is 5.91 Å². The van der Waals surface area contributed by atoms with Crippen molar-refractivity contribution >= 4 is 17.8 Å². The molecule has 0 bridgehead atoms. The van der Waals surface area contributed by atoms with Crippen LogP contribution in [-0.4, -0.2) is 40.9 Å². The van der Waals surface area contributed by atoms with Gasteiger partial charge in [-0.15, -0.1) is 0 Å². The second-order valence-corrected chi connectivity index (χ2v) is 6.67. The van der Waals surface area contributed by atoms with Gasteiger partial charge in [0, 0.05) is 6.04 Å². The van der Waals surface area contributed by atoms with Gasteiger partial charge in [0.1, 0.15) is 12.1 Å². The highest BCUT2D eigenvalue weighted by molar-refractivity contribution is 6.09. The van der Waals surface area contributed by atoms with Crippen molar-refractivity contribution in [2.75, 3.05) is 6.54 Å². The van der Waals surface area contributed by atoms with Crippen molar-refractivity contribution in [3.05, 3.63) is 0 Å². The highest BCUT2D eigenvalue weighted by Crippen LogP contribution is 2.36. The number of carbonyl (C=O) groups is 3. The first-order chi connectivity index (χ1) is 10.4. The molecule has 124 valence electrons. The van der Waals surface area contributed by atoms with Crippen LogP contribution in [0.1, 0.15) is 59.3 Å². The fourth-order valence-electron chi connectivity index (χ4n) is 3.32. The topological polar surface area (TPSA) is 78.5 Å². The van der Waals surface area contributed by atoms with Crippen molar-refractivity contribution in [1.82, 2.24) is 15.5 Å². The van der Waals surface area contributed by atoms with Crippen LogP contribution in [0.3, 0.4) is 0 Å². The summed E-state index contributed by atoms with van der Waals surface area (Å²) in [4.78, 5) is 37.9. The highest BCUT2D eigenvalue weighted by Gasteiger charge is 2.52. The Morgan fingerprint density at radius 3 is 2.45 bits per heavy atom. The molecular weight excluding hydrogens is 282 g/mol. The van der Waals surface area contributed by atoms with Crippen molar-refractivity contribution < 1.29 is 14.4 Å². The van der Waals surface area contributed by atoms with Crippen molar-refractivity contribution in [3.8, 4) is 0 Å². The first kappa shape index (κ1) is 16.8. The van der Waals surface area contributed by atoms with E-state index in [1.54, 1.807) is 0 Å². The fourth-order valence-corrected chi connectivity index (χ4v) is 3.32. The SMILES string of the molecule is CCC(CC)NC(=O)CN1C(=O)NC2(CCC(C)CC2)C1=O. The first-order valence-electron chi connectivity index (χ1n) is 8.35. The first-order valence-corrected chi connectivity index (χ1v) is 8.35. The smallest absolute Gasteiger partial charge is 0.325 e. The zero-order valence-electron chi connectivity index (χ0n) is 13.8. The van der Waals surface area contributed by atoms with Crippen molar-refractivity contribution in [3.63, 3.8) is 0 Å². The monoisotopic (exact) mass is 309 g/mol. The van der Waals surface area contributed by atoms with Crippen molar-refractivity contribution in [1.29, 1.82) is 0 Å². The number of rotatable bonds is 5. The lowest BCUT2D eigenvalue weighted by atomic mass is 9.77. The third-order valence-corrected chi connectivity index (χ3v) is 5.03. The molecule has 0 atom stereocenters. The molecule has 1 saturated carbocycles. The summed E-state index contributed by atoms with van der Waals surface area (Å²) in [5, 5.41) is 5.70. The van der Waals surface area contributed by atoms with E-state index in [0.717, 1.165) is 30.6 Å². The molecule has 0 aromatic heterocycles. The number of imide groups is 1. The predicted octanol–water partition coefficient (Wildman–Crippen LogP) is 1.79. The number of amides is 4. The van der Waals surface area contributed by atoms with Gasteiger partial charge in [-0.3, -0.25) is 14.5 Å². The summed E-state index contributed by atoms with van der Waals surface area (Å²) in [7, 11) is 0. The van der Waals surface area contributed by atoms with Crippen LogP contribution >= 0.6 is 0 Å². The molecule has 22 heavy (non-hydrogen) atoms. The lowest BCUT2D eigenvalue weighted by Crippen LogP contribution is -2.50. The Balaban J connectivity index is 1.99. The summed E-state index contributed by atoms with van der Waals surface area (Å²) in [6, 6.07) is -0.336. The molecule has 2 aliphatic rings.